The first kappa shape index (κ1) is 38.4. The smallest absolute Gasteiger partial charge is 0.144 e. The molecule has 11 aromatic carbocycles. The standard InChI is InChI=1S/C65H41NO2/c1-4-16-42(17-5-1)44-30-32-49(33-31-44)66(51-34-36-53-52-24-12-14-26-57(52)65(58(53)40-51,47-20-6-2-7-21-47)48-22-8-3-9-23-48)50-35-37-60-55(39-50)56-41-61-63(54-25-13-15-27-59(54)67-61)62(64(56)68-60)46-29-28-43-18-10-11-19-45(43)38-46/h1-41H. The van der Waals surface area contributed by atoms with Gasteiger partial charge in [-0.1, -0.05) is 188 Å². The summed E-state index contributed by atoms with van der Waals surface area (Å²) in [5, 5.41) is 6.53. The Bertz CT molecular complexity index is 4030. The summed E-state index contributed by atoms with van der Waals surface area (Å²) in [5.74, 6) is 0. The largest absolute Gasteiger partial charge is 0.456 e. The van der Waals surface area contributed by atoms with E-state index in [1.54, 1.807) is 0 Å². The number of benzene rings is 11. The van der Waals surface area contributed by atoms with Crippen LogP contribution in [-0.2, 0) is 5.41 Å². The van der Waals surface area contributed by atoms with E-state index in [9.17, 15) is 0 Å². The van der Waals surface area contributed by atoms with Crippen molar-refractivity contribution in [3.8, 4) is 33.4 Å². The molecule has 2 heterocycles. The number of furan rings is 2. The maximum Gasteiger partial charge on any atom is 0.144 e. The Hall–Kier alpha value is -8.92. The molecule has 0 bridgehead atoms. The second-order valence-corrected chi connectivity index (χ2v) is 17.9. The number of anilines is 3. The first-order valence-corrected chi connectivity index (χ1v) is 23.3. The van der Waals surface area contributed by atoms with E-state index in [-0.39, 0.29) is 0 Å². The van der Waals surface area contributed by atoms with Gasteiger partial charge in [-0.2, -0.15) is 0 Å². The third-order valence-electron chi connectivity index (χ3n) is 14.3. The molecule has 0 N–H and O–H groups in total. The van der Waals surface area contributed by atoms with Crippen molar-refractivity contribution < 1.29 is 8.83 Å². The summed E-state index contributed by atoms with van der Waals surface area (Å²) in [4.78, 5) is 2.40. The average molecular weight is 868 g/mol. The fourth-order valence-corrected chi connectivity index (χ4v) is 11.3. The Labute approximate surface area is 393 Å². The molecule has 14 rings (SSSR count). The van der Waals surface area contributed by atoms with Gasteiger partial charge >= 0.3 is 0 Å². The maximum atomic E-state index is 7.05. The molecule has 0 saturated carbocycles. The van der Waals surface area contributed by atoms with Gasteiger partial charge < -0.3 is 13.7 Å². The lowest BCUT2D eigenvalue weighted by Crippen LogP contribution is -2.28. The molecule has 0 atom stereocenters. The number of fused-ring (bicyclic) bond motifs is 10. The Morgan fingerprint density at radius 3 is 1.71 bits per heavy atom. The van der Waals surface area contributed by atoms with Gasteiger partial charge in [0.2, 0.25) is 0 Å². The summed E-state index contributed by atoms with van der Waals surface area (Å²) in [6.45, 7) is 0. The minimum atomic E-state index is -0.546. The van der Waals surface area contributed by atoms with E-state index in [0.717, 1.165) is 72.1 Å². The van der Waals surface area contributed by atoms with Gasteiger partial charge in [-0.3, -0.25) is 0 Å². The van der Waals surface area contributed by atoms with Gasteiger partial charge in [-0.05, 0) is 122 Å². The molecule has 3 heteroatoms. The van der Waals surface area contributed by atoms with E-state index in [1.807, 2.05) is 6.07 Å². The fraction of sp³-hybridized carbons (Fsp3) is 0.0154. The highest BCUT2D eigenvalue weighted by Crippen LogP contribution is 2.57. The molecule has 1 aliphatic rings. The lowest BCUT2D eigenvalue weighted by atomic mass is 9.67. The molecule has 0 aliphatic heterocycles. The van der Waals surface area contributed by atoms with Crippen LogP contribution in [0.25, 0.3) is 88.0 Å². The van der Waals surface area contributed by atoms with E-state index in [1.165, 1.54) is 55.3 Å². The zero-order chi connectivity index (χ0) is 44.8. The number of para-hydroxylation sites is 1. The van der Waals surface area contributed by atoms with E-state index >= 15 is 0 Å². The Balaban J connectivity index is 1.02. The quantitative estimate of drug-likeness (QED) is 0.160. The van der Waals surface area contributed by atoms with Crippen LogP contribution in [0.1, 0.15) is 22.3 Å². The molecule has 0 spiro atoms. The number of nitrogens with zero attached hydrogens (tertiary/aromatic N) is 1. The van der Waals surface area contributed by atoms with E-state index in [4.69, 9.17) is 8.83 Å². The Kier molecular flexibility index (Phi) is 8.50. The molecule has 68 heavy (non-hydrogen) atoms. The highest BCUT2D eigenvalue weighted by Gasteiger charge is 2.46. The van der Waals surface area contributed by atoms with Crippen molar-refractivity contribution in [3.63, 3.8) is 0 Å². The van der Waals surface area contributed by atoms with E-state index in [2.05, 4.69) is 248 Å². The molecule has 0 saturated heterocycles. The molecule has 3 nitrogen and oxygen atoms in total. The van der Waals surface area contributed by atoms with Crippen LogP contribution in [0.3, 0.4) is 0 Å². The summed E-state index contributed by atoms with van der Waals surface area (Å²) < 4.78 is 13.8. The predicted octanol–water partition coefficient (Wildman–Crippen LogP) is 17.8. The summed E-state index contributed by atoms with van der Waals surface area (Å²) in [5.41, 5.74) is 17.9. The molecular weight excluding hydrogens is 827 g/mol. The van der Waals surface area contributed by atoms with Crippen LogP contribution in [0.4, 0.5) is 17.1 Å². The van der Waals surface area contributed by atoms with Gasteiger partial charge in [-0.15, -0.1) is 0 Å². The summed E-state index contributed by atoms with van der Waals surface area (Å²) in [7, 11) is 0. The second-order valence-electron chi connectivity index (χ2n) is 17.9. The SMILES string of the molecule is c1ccc(-c2ccc(N(c3ccc4c(c3)C(c3ccccc3)(c3ccccc3)c3ccccc3-4)c3ccc4oc5c(-c6ccc7ccccc7c6)c6c(cc5c4c3)oc3ccccc36)cc2)cc1. The topological polar surface area (TPSA) is 29.5 Å². The van der Waals surface area contributed by atoms with Gasteiger partial charge in [-0.25, -0.2) is 0 Å². The molecule has 0 radical (unpaired) electrons. The average Bonchev–Trinajstić information content (AvgIpc) is 4.06. The lowest BCUT2D eigenvalue weighted by Gasteiger charge is -2.35. The minimum Gasteiger partial charge on any atom is -0.456 e. The van der Waals surface area contributed by atoms with Crippen molar-refractivity contribution in [3.05, 3.63) is 271 Å². The Morgan fingerprint density at radius 1 is 0.324 bits per heavy atom. The molecule has 0 fully saturated rings. The number of rotatable bonds is 7. The molecule has 2 aromatic heterocycles. The van der Waals surface area contributed by atoms with Crippen LogP contribution < -0.4 is 4.90 Å². The van der Waals surface area contributed by atoms with E-state index < -0.39 is 5.41 Å². The summed E-state index contributed by atoms with van der Waals surface area (Å²) in [6, 6.07) is 90.0. The second kappa shape index (κ2) is 15.1. The van der Waals surface area contributed by atoms with Crippen LogP contribution in [0.15, 0.2) is 258 Å². The molecule has 13 aromatic rings. The molecular formula is C65H41NO2. The zero-order valence-corrected chi connectivity index (χ0v) is 36.9. The van der Waals surface area contributed by atoms with Gasteiger partial charge in [0, 0.05) is 44.2 Å². The summed E-state index contributed by atoms with van der Waals surface area (Å²) in [6.07, 6.45) is 0. The van der Waals surface area contributed by atoms with Crippen molar-refractivity contribution >= 4 is 71.7 Å². The third-order valence-corrected chi connectivity index (χ3v) is 14.3. The molecule has 318 valence electrons. The first-order chi connectivity index (χ1) is 33.7. The van der Waals surface area contributed by atoms with Crippen molar-refractivity contribution in [1.29, 1.82) is 0 Å². The first-order valence-electron chi connectivity index (χ1n) is 23.3. The normalized spacial score (nSPS) is 12.8. The van der Waals surface area contributed by atoms with Gasteiger partial charge in [0.25, 0.3) is 0 Å². The predicted molar refractivity (Wildman–Crippen MR) is 281 cm³/mol. The van der Waals surface area contributed by atoms with Crippen molar-refractivity contribution in [1.82, 2.24) is 0 Å². The highest BCUT2D eigenvalue weighted by atomic mass is 16.3. The molecule has 0 amide bonds. The van der Waals surface area contributed by atoms with Crippen LogP contribution in [0.5, 0.6) is 0 Å². The van der Waals surface area contributed by atoms with Crippen LogP contribution in [0, 0.1) is 0 Å². The van der Waals surface area contributed by atoms with Crippen molar-refractivity contribution in [2.24, 2.45) is 0 Å². The van der Waals surface area contributed by atoms with Crippen LogP contribution in [0.2, 0.25) is 0 Å². The number of hydrogen-bond donors (Lipinski definition) is 0. The van der Waals surface area contributed by atoms with Gasteiger partial charge in [0.15, 0.2) is 0 Å². The van der Waals surface area contributed by atoms with Crippen molar-refractivity contribution in [2.45, 2.75) is 5.41 Å². The fourth-order valence-electron chi connectivity index (χ4n) is 11.3. The van der Waals surface area contributed by atoms with Crippen LogP contribution >= 0.6 is 0 Å². The van der Waals surface area contributed by atoms with Gasteiger partial charge in [0.05, 0.1) is 5.41 Å². The van der Waals surface area contributed by atoms with E-state index in [0.29, 0.717) is 0 Å². The lowest BCUT2D eigenvalue weighted by molar-refractivity contribution is 0.664. The number of hydrogen-bond acceptors (Lipinski definition) is 3. The minimum absolute atomic E-state index is 0.546. The van der Waals surface area contributed by atoms with Crippen molar-refractivity contribution in [2.75, 3.05) is 4.90 Å². The summed E-state index contributed by atoms with van der Waals surface area (Å²) >= 11 is 0. The Morgan fingerprint density at radius 2 is 0.912 bits per heavy atom. The molecule has 1 aliphatic carbocycles. The third kappa shape index (κ3) is 5.72. The monoisotopic (exact) mass is 867 g/mol. The van der Waals surface area contributed by atoms with Crippen LogP contribution in [-0.4, -0.2) is 0 Å². The molecule has 0 unspecified atom stereocenters. The van der Waals surface area contributed by atoms with Gasteiger partial charge in [0.1, 0.15) is 22.3 Å². The zero-order valence-electron chi connectivity index (χ0n) is 36.9. The maximum absolute atomic E-state index is 7.05. The highest BCUT2D eigenvalue weighted by molar-refractivity contribution is 6.24.